The predicted octanol–water partition coefficient (Wildman–Crippen LogP) is 3.15. The van der Waals surface area contributed by atoms with Crippen molar-refractivity contribution in [1.29, 1.82) is 5.26 Å². The number of aromatic nitrogens is 3. The van der Waals surface area contributed by atoms with Crippen molar-refractivity contribution in [1.82, 2.24) is 19.7 Å². The van der Waals surface area contributed by atoms with Crippen molar-refractivity contribution in [3.05, 3.63) is 54.5 Å². The number of carbonyl (C=O) groups excluding carboxylic acids is 3. The van der Waals surface area contributed by atoms with Crippen LogP contribution in [0.2, 0.25) is 0 Å². The Morgan fingerprint density at radius 1 is 1.05 bits per heavy atom. The number of hydrogen-bond acceptors (Lipinski definition) is 16. The van der Waals surface area contributed by atoms with Gasteiger partial charge in [-0.3, -0.25) is 23.4 Å². The minimum absolute atomic E-state index is 0.0152. The fourth-order valence-corrected chi connectivity index (χ4v) is 8.28. The van der Waals surface area contributed by atoms with E-state index in [4.69, 9.17) is 33.7 Å². The third-order valence-corrected chi connectivity index (χ3v) is 10.9. The molecule has 0 amide bonds. The summed E-state index contributed by atoms with van der Waals surface area (Å²) in [4.78, 5) is 62.3. The van der Waals surface area contributed by atoms with Gasteiger partial charge in [0, 0.05) is 0 Å². The van der Waals surface area contributed by atoms with Gasteiger partial charge >= 0.3 is 33.5 Å². The molecule has 1 aliphatic heterocycles. The van der Waals surface area contributed by atoms with Crippen molar-refractivity contribution < 1.29 is 65.8 Å². The molecule has 3 heterocycles. The molecule has 5 rings (SSSR count). The maximum Gasteiger partial charge on any atom is 0.470 e. The highest BCUT2D eigenvalue weighted by atomic mass is 31.2. The fraction of sp³-hybridized carbons (Fsp3) is 0.515. The van der Waals surface area contributed by atoms with E-state index in [0.29, 0.717) is 5.52 Å². The second-order valence-electron chi connectivity index (χ2n) is 14.2. The highest BCUT2D eigenvalue weighted by Gasteiger charge is 2.95. The maximum atomic E-state index is 14.8. The number of para-hydroxylation sites is 1. The summed E-state index contributed by atoms with van der Waals surface area (Å²) in [5, 5.41) is 17.5. The van der Waals surface area contributed by atoms with E-state index in [9.17, 15) is 38.6 Å². The van der Waals surface area contributed by atoms with E-state index in [1.807, 2.05) is 6.07 Å². The van der Waals surface area contributed by atoms with Gasteiger partial charge in [-0.15, -0.1) is 0 Å². The summed E-state index contributed by atoms with van der Waals surface area (Å²) in [6, 6.07) is 11.2. The zero-order chi connectivity index (χ0) is 40.7. The lowest BCUT2D eigenvalue weighted by molar-refractivity contribution is -0.181. The zero-order valence-electron chi connectivity index (χ0n) is 30.8. The Kier molecular flexibility index (Phi) is 11.6. The molecule has 3 aromatic rings. The summed E-state index contributed by atoms with van der Waals surface area (Å²) < 4.78 is 67.7. The van der Waals surface area contributed by atoms with Crippen LogP contribution in [0.25, 0.3) is 5.52 Å². The van der Waals surface area contributed by atoms with Gasteiger partial charge < -0.3 is 39.0 Å². The first-order valence-corrected chi connectivity index (χ1v) is 20.0. The van der Waals surface area contributed by atoms with Gasteiger partial charge in [-0.05, 0) is 45.0 Å². The second-order valence-corrected chi connectivity index (χ2v) is 17.0. The van der Waals surface area contributed by atoms with Gasteiger partial charge in [0.15, 0.2) is 18.0 Å². The molecule has 55 heavy (non-hydrogen) atoms. The second kappa shape index (κ2) is 15.2. The number of rotatable bonds is 16. The number of carbonyl (C=O) groups is 3. The van der Waals surface area contributed by atoms with Gasteiger partial charge in [0.05, 0.1) is 17.5 Å². The number of nitrogen functional groups attached to an aromatic ring is 1. The summed E-state index contributed by atoms with van der Waals surface area (Å²) in [6.45, 7) is 9.31. The summed E-state index contributed by atoms with van der Waals surface area (Å²) in [5.41, 5.74) is 0.439. The van der Waals surface area contributed by atoms with Crippen molar-refractivity contribution in [3.8, 4) is 11.8 Å². The number of phosphoric acid groups is 1. The van der Waals surface area contributed by atoms with E-state index in [1.54, 1.807) is 44.2 Å². The summed E-state index contributed by atoms with van der Waals surface area (Å²) in [7, 11) is -9.84. The molecule has 0 spiro atoms. The van der Waals surface area contributed by atoms with E-state index in [0.717, 1.165) is 0 Å². The van der Waals surface area contributed by atoms with Crippen molar-refractivity contribution in [2.45, 2.75) is 89.6 Å². The largest absolute Gasteiger partial charge is 0.470 e. The number of ether oxygens (including phenoxy) is 4. The zero-order valence-corrected chi connectivity index (χ0v) is 32.6. The number of phosphoric ester groups is 1. The van der Waals surface area contributed by atoms with E-state index >= 15 is 0 Å². The van der Waals surface area contributed by atoms with Crippen LogP contribution in [0.3, 0.4) is 0 Å². The summed E-state index contributed by atoms with van der Waals surface area (Å²) in [6.07, 6.45) is -3.56. The summed E-state index contributed by atoms with van der Waals surface area (Å²) in [5.74, 6) is -4.10. The molecule has 20 nitrogen and oxygen atoms in total. The van der Waals surface area contributed by atoms with E-state index in [-0.39, 0.29) is 17.3 Å². The number of fused-ring (bicyclic) bond motifs is 2. The quantitative estimate of drug-likeness (QED) is 0.0918. The smallest absolute Gasteiger partial charge is 0.461 e. The minimum Gasteiger partial charge on any atom is -0.461 e. The lowest BCUT2D eigenvalue weighted by Gasteiger charge is -2.31. The van der Waals surface area contributed by atoms with Crippen LogP contribution in [0.15, 0.2) is 48.8 Å². The first-order valence-electron chi connectivity index (χ1n) is 16.9. The number of benzene rings is 1. The van der Waals surface area contributed by atoms with Gasteiger partial charge in [0.25, 0.3) is 0 Å². The van der Waals surface area contributed by atoms with E-state index in [1.165, 1.54) is 57.6 Å². The molecule has 1 saturated carbocycles. The number of nitrogens with two attached hydrogens (primary N) is 1. The van der Waals surface area contributed by atoms with Gasteiger partial charge in [0.2, 0.25) is 11.2 Å². The standard InChI is InChI=1S/C33H42N6O14P2/c1-18(2)27(40)48-25-24(22-13-14-23-26(35)36-17-37-39(22)23)49-32(15-34)30(33(25,32)50-28(41)19(3)4)52-54(43,51-21-11-9-8-10-12-21)38-20(5)29(42)47-16-31(6,7)53-55(44,45)46/h8-14,17-20,24-25,30H,16H2,1-7H3,(H,38,43)(H2,35,36,37)(H2,44,45,46)/t20-,24-,25-,30?,32+,33+,54?/m0/s1. The van der Waals surface area contributed by atoms with Crippen LogP contribution in [0, 0.1) is 23.2 Å². The molecular weight excluding hydrogens is 766 g/mol. The number of hydrogen-bond donors (Lipinski definition) is 4. The molecule has 1 aliphatic carbocycles. The Bertz CT molecular complexity index is 2080. The Hall–Kier alpha value is -4.44. The van der Waals surface area contributed by atoms with Gasteiger partial charge in [-0.2, -0.15) is 15.4 Å². The Balaban J connectivity index is 1.56. The maximum absolute atomic E-state index is 14.8. The molecular formula is C33H42N6O14P2. The van der Waals surface area contributed by atoms with Crippen molar-refractivity contribution in [3.63, 3.8) is 0 Å². The SMILES string of the molecule is CC(C)C(=O)O[C@H]1[C@H](c2ccc3c(N)ncnn23)O[C@]2(C#N)C(OP(=O)(N[C@@H](C)C(=O)OCC(C)(C)OP(=O)(O)O)Oc3ccccc3)[C@]12OC(=O)C(C)C. The number of anilines is 1. The normalized spacial score (nSPS) is 25.1. The third kappa shape index (κ3) is 8.39. The molecule has 2 aromatic heterocycles. The molecule has 298 valence electrons. The molecule has 2 unspecified atom stereocenters. The van der Waals surface area contributed by atoms with Crippen LogP contribution < -0.4 is 15.3 Å². The monoisotopic (exact) mass is 808 g/mol. The molecule has 0 radical (unpaired) electrons. The number of nitrogens with one attached hydrogen (secondary N) is 1. The fourth-order valence-electron chi connectivity index (χ4n) is 5.87. The lowest BCUT2D eigenvalue weighted by Crippen LogP contribution is -2.45. The first kappa shape index (κ1) is 41.7. The molecule has 1 saturated heterocycles. The van der Waals surface area contributed by atoms with E-state index in [2.05, 4.69) is 19.7 Å². The van der Waals surface area contributed by atoms with Crippen molar-refractivity contribution in [2.24, 2.45) is 11.8 Å². The Morgan fingerprint density at radius 2 is 1.71 bits per heavy atom. The molecule has 5 N–H and O–H groups in total. The highest BCUT2D eigenvalue weighted by Crippen LogP contribution is 2.71. The molecule has 2 aliphatic rings. The Labute approximate surface area is 315 Å². The molecule has 2 fully saturated rings. The number of nitrogens with zero attached hydrogens (tertiary/aromatic N) is 4. The van der Waals surface area contributed by atoms with Crippen LogP contribution in [-0.4, -0.2) is 84.0 Å². The van der Waals surface area contributed by atoms with Gasteiger partial charge in [0.1, 0.15) is 48.0 Å². The van der Waals surface area contributed by atoms with Crippen molar-refractivity contribution in [2.75, 3.05) is 12.3 Å². The van der Waals surface area contributed by atoms with Gasteiger partial charge in [-0.1, -0.05) is 45.9 Å². The highest BCUT2D eigenvalue weighted by molar-refractivity contribution is 7.52. The van der Waals surface area contributed by atoms with Crippen LogP contribution in [0.1, 0.15) is 60.3 Å². The molecule has 7 atom stereocenters. The lowest BCUT2D eigenvalue weighted by atomic mass is 10.0. The number of nitriles is 1. The molecule has 22 heteroatoms. The topological polar surface area (TPSA) is 282 Å². The van der Waals surface area contributed by atoms with Crippen LogP contribution in [-0.2, 0) is 51.5 Å². The average molecular weight is 809 g/mol. The minimum atomic E-state index is -4.96. The van der Waals surface area contributed by atoms with E-state index < -0.39 is 93.1 Å². The van der Waals surface area contributed by atoms with Gasteiger partial charge in [-0.25, -0.2) is 18.6 Å². The first-order chi connectivity index (χ1) is 25.6. The average Bonchev–Trinajstić information content (AvgIpc) is 3.33. The van der Waals surface area contributed by atoms with Crippen LogP contribution in [0.4, 0.5) is 5.82 Å². The Morgan fingerprint density at radius 3 is 2.31 bits per heavy atom. The summed E-state index contributed by atoms with van der Waals surface area (Å²) >= 11 is 0. The third-order valence-electron chi connectivity index (χ3n) is 8.54. The number of esters is 3. The van der Waals surface area contributed by atoms with Crippen LogP contribution in [0.5, 0.6) is 5.75 Å². The van der Waals surface area contributed by atoms with Crippen molar-refractivity contribution >= 4 is 44.8 Å². The molecule has 0 bridgehead atoms. The van der Waals surface area contributed by atoms with Crippen LogP contribution >= 0.6 is 15.6 Å². The predicted molar refractivity (Wildman–Crippen MR) is 188 cm³/mol. The molecule has 1 aromatic carbocycles.